The van der Waals surface area contributed by atoms with Gasteiger partial charge in [-0.3, -0.25) is 0 Å². The summed E-state index contributed by atoms with van der Waals surface area (Å²) in [6, 6.07) is 82.8. The molecule has 15 rings (SSSR count). The van der Waals surface area contributed by atoms with Crippen molar-refractivity contribution in [1.29, 1.82) is 0 Å². The van der Waals surface area contributed by atoms with E-state index < -0.39 is 0 Å². The van der Waals surface area contributed by atoms with E-state index in [9.17, 15) is 0 Å². The molecule has 0 radical (unpaired) electrons. The van der Waals surface area contributed by atoms with Crippen molar-refractivity contribution in [3.63, 3.8) is 0 Å². The van der Waals surface area contributed by atoms with E-state index in [1.807, 2.05) is 0 Å². The average Bonchev–Trinajstić information content (AvgIpc) is 1.76. The zero-order valence-electron chi connectivity index (χ0n) is 48.6. The van der Waals surface area contributed by atoms with Crippen LogP contribution in [0.1, 0.15) is 74.9 Å². The zero-order valence-corrected chi connectivity index (χ0v) is 48.6. The third-order valence-corrected chi connectivity index (χ3v) is 18.1. The van der Waals surface area contributed by atoms with Crippen LogP contribution in [0.25, 0.3) is 98.4 Å². The Balaban J connectivity index is 1.03. The Morgan fingerprint density at radius 3 is 1.06 bits per heavy atom. The molecular weight excluding hydrogens is 993 g/mol. The summed E-state index contributed by atoms with van der Waals surface area (Å²) in [5.41, 5.74) is 26.6. The second-order valence-corrected chi connectivity index (χ2v) is 25.3. The molecule has 0 N–H and O–H groups in total. The topological polar surface area (TPSA) is 15.3 Å². The highest BCUT2D eigenvalue weighted by atomic mass is 15.2. The van der Waals surface area contributed by atoms with Crippen LogP contribution in [-0.2, 0) is 10.8 Å². The largest absolute Gasteiger partial charge is 0.310 e. The molecule has 0 bridgehead atoms. The quantitative estimate of drug-likeness (QED) is 0.151. The molecule has 0 unspecified atom stereocenters. The second-order valence-electron chi connectivity index (χ2n) is 25.3. The minimum Gasteiger partial charge on any atom is -0.310 e. The number of hydrogen-bond acceptors (Lipinski definition) is 2. The van der Waals surface area contributed by atoms with Gasteiger partial charge in [0.1, 0.15) is 0 Å². The third kappa shape index (κ3) is 7.57. The van der Waals surface area contributed by atoms with Gasteiger partial charge in [0.15, 0.2) is 0 Å². The standard InChI is InChI=1S/C78H66N4/c1-47-27-31-59(39-49(47)3)79(57-25-17-23-53(41-57)51-19-13-11-14-20-51)69-37-33-61-63-45-72-64(46-71(63)81-67-35-29-55(77(5,6)7)43-65(67)73(69)75(61)81)62-34-38-70(74-66-44-56(78(8,9)10)30-36-68(66)82(72)76(62)74)80(60-32-28-48(2)50(4)40-60)58-26-18-24-54(42-58)52-21-15-12-16-22-52/h11-46H,1-10H3. The minimum atomic E-state index is -0.0546. The molecule has 0 saturated carbocycles. The van der Waals surface area contributed by atoms with Gasteiger partial charge in [0.2, 0.25) is 0 Å². The van der Waals surface area contributed by atoms with Crippen molar-refractivity contribution in [3.8, 4) is 22.3 Å². The number of aryl methyl sites for hydroxylation is 4. The van der Waals surface area contributed by atoms with Gasteiger partial charge in [-0.2, -0.15) is 0 Å². The van der Waals surface area contributed by atoms with Crippen LogP contribution >= 0.6 is 0 Å². The molecule has 0 aliphatic heterocycles. The van der Waals surface area contributed by atoms with Crippen LogP contribution in [0.15, 0.2) is 218 Å². The van der Waals surface area contributed by atoms with E-state index in [4.69, 9.17) is 0 Å². The third-order valence-electron chi connectivity index (χ3n) is 18.1. The van der Waals surface area contributed by atoms with Crippen molar-refractivity contribution in [3.05, 3.63) is 252 Å². The van der Waals surface area contributed by atoms with Crippen molar-refractivity contribution in [2.75, 3.05) is 9.80 Å². The second kappa shape index (κ2) is 18.1. The fourth-order valence-corrected chi connectivity index (χ4v) is 13.4. The smallest absolute Gasteiger partial charge is 0.0641 e. The van der Waals surface area contributed by atoms with Gasteiger partial charge < -0.3 is 18.6 Å². The van der Waals surface area contributed by atoms with E-state index in [1.165, 1.54) is 132 Å². The van der Waals surface area contributed by atoms with E-state index >= 15 is 0 Å². The van der Waals surface area contributed by atoms with Gasteiger partial charge in [-0.1, -0.05) is 163 Å². The van der Waals surface area contributed by atoms with Gasteiger partial charge in [0.25, 0.3) is 0 Å². The highest BCUT2D eigenvalue weighted by Gasteiger charge is 2.30. The lowest BCUT2D eigenvalue weighted by Gasteiger charge is -2.28. The van der Waals surface area contributed by atoms with Gasteiger partial charge in [-0.25, -0.2) is 0 Å². The Labute approximate surface area is 480 Å². The molecule has 0 aliphatic carbocycles. The van der Waals surface area contributed by atoms with Gasteiger partial charge in [-0.05, 0) is 191 Å². The van der Waals surface area contributed by atoms with Crippen molar-refractivity contribution in [2.24, 2.45) is 0 Å². The highest BCUT2D eigenvalue weighted by Crippen LogP contribution is 2.53. The predicted octanol–water partition coefficient (Wildman–Crippen LogP) is 22.1. The number of anilines is 6. The van der Waals surface area contributed by atoms with Gasteiger partial charge >= 0.3 is 0 Å². The summed E-state index contributed by atoms with van der Waals surface area (Å²) in [4.78, 5) is 5.02. The van der Waals surface area contributed by atoms with E-state index in [0.717, 1.165) is 34.1 Å². The summed E-state index contributed by atoms with van der Waals surface area (Å²) >= 11 is 0. The van der Waals surface area contributed by atoms with E-state index in [2.05, 4.69) is 306 Å². The van der Waals surface area contributed by atoms with Crippen LogP contribution in [0.5, 0.6) is 0 Å². The van der Waals surface area contributed by atoms with Crippen LogP contribution in [-0.4, -0.2) is 8.80 Å². The zero-order chi connectivity index (χ0) is 56.1. The number of fused-ring (bicyclic) bond motifs is 12. The van der Waals surface area contributed by atoms with E-state index in [-0.39, 0.29) is 10.8 Å². The van der Waals surface area contributed by atoms with E-state index in [0.29, 0.717) is 0 Å². The molecule has 82 heavy (non-hydrogen) atoms. The average molecular weight is 1060 g/mol. The van der Waals surface area contributed by atoms with Gasteiger partial charge in [0.05, 0.1) is 44.5 Å². The molecule has 398 valence electrons. The van der Waals surface area contributed by atoms with Crippen LogP contribution in [0.2, 0.25) is 0 Å². The lowest BCUT2D eigenvalue weighted by Crippen LogP contribution is -2.11. The van der Waals surface area contributed by atoms with E-state index in [1.54, 1.807) is 0 Å². The maximum absolute atomic E-state index is 2.60. The van der Waals surface area contributed by atoms with Crippen LogP contribution in [0, 0.1) is 27.7 Å². The first-order valence-corrected chi connectivity index (χ1v) is 29.1. The summed E-state index contributed by atoms with van der Waals surface area (Å²) in [6.45, 7) is 22.9. The van der Waals surface area contributed by atoms with Crippen LogP contribution in [0.4, 0.5) is 34.1 Å². The number of aromatic nitrogens is 2. The molecule has 4 aromatic heterocycles. The summed E-state index contributed by atoms with van der Waals surface area (Å²) in [7, 11) is 0. The first-order valence-electron chi connectivity index (χ1n) is 29.1. The first-order chi connectivity index (χ1) is 39.6. The molecule has 0 atom stereocenters. The fraction of sp³-hybridized carbons (Fsp3) is 0.154. The SMILES string of the molecule is Cc1ccc(N(c2cccc(-c3ccccc3)c2)c2ccc3c4cc5c(cc4n4c6ccc(C(C)(C)C)cc6c2c34)c2ccc(N(c3cccc(-c4ccccc4)c3)c3ccc(C)c(C)c3)c3c4cc(C(C)(C)C)ccc4n5c23)cc1C. The number of nitrogens with zero attached hydrogens (tertiary/aromatic N) is 4. The Kier molecular flexibility index (Phi) is 10.9. The molecule has 4 nitrogen and oxygen atoms in total. The summed E-state index contributed by atoms with van der Waals surface area (Å²) in [5, 5.41) is 10.0. The monoisotopic (exact) mass is 1060 g/mol. The molecular formula is C78H66N4. The Morgan fingerprint density at radius 2 is 0.671 bits per heavy atom. The molecule has 0 aliphatic rings. The summed E-state index contributed by atoms with van der Waals surface area (Å²) < 4.78 is 5.19. The summed E-state index contributed by atoms with van der Waals surface area (Å²) in [5.74, 6) is 0. The Bertz CT molecular complexity index is 4720. The Hall–Kier alpha value is -9.38. The molecule has 15 aromatic rings. The number of hydrogen-bond donors (Lipinski definition) is 0. The number of benzene rings is 11. The minimum absolute atomic E-state index is 0.0546. The van der Waals surface area contributed by atoms with Crippen molar-refractivity contribution in [1.82, 2.24) is 8.80 Å². The number of rotatable bonds is 8. The van der Waals surface area contributed by atoms with Crippen molar-refractivity contribution >= 4 is 110 Å². The predicted molar refractivity (Wildman–Crippen MR) is 352 cm³/mol. The molecule has 11 aromatic carbocycles. The van der Waals surface area contributed by atoms with Gasteiger partial charge in [-0.15, -0.1) is 0 Å². The molecule has 0 fully saturated rings. The lowest BCUT2D eigenvalue weighted by atomic mass is 9.86. The first kappa shape index (κ1) is 49.6. The van der Waals surface area contributed by atoms with Crippen molar-refractivity contribution < 1.29 is 0 Å². The molecule has 0 spiro atoms. The fourth-order valence-electron chi connectivity index (χ4n) is 13.4. The van der Waals surface area contributed by atoms with Gasteiger partial charge in [0, 0.05) is 65.8 Å². The van der Waals surface area contributed by atoms with Crippen LogP contribution < -0.4 is 9.80 Å². The maximum atomic E-state index is 2.60. The summed E-state index contributed by atoms with van der Waals surface area (Å²) in [6.07, 6.45) is 0. The molecule has 4 heteroatoms. The maximum Gasteiger partial charge on any atom is 0.0641 e. The molecule has 0 amide bonds. The molecule has 4 heterocycles. The normalized spacial score (nSPS) is 12.5. The van der Waals surface area contributed by atoms with Crippen molar-refractivity contribution in [2.45, 2.75) is 80.1 Å². The lowest BCUT2D eigenvalue weighted by molar-refractivity contribution is 0.591. The highest BCUT2D eigenvalue weighted by molar-refractivity contribution is 6.32. The van der Waals surface area contributed by atoms with Crippen LogP contribution in [0.3, 0.4) is 0 Å². The Morgan fingerprint density at radius 1 is 0.280 bits per heavy atom. The molecule has 0 saturated heterocycles.